The zero-order valence-corrected chi connectivity index (χ0v) is 9.97. The summed E-state index contributed by atoms with van der Waals surface area (Å²) in [7, 11) is 0. The van der Waals surface area contributed by atoms with E-state index in [1.54, 1.807) is 18.3 Å². The maximum absolute atomic E-state index is 12.8. The lowest BCUT2D eigenvalue weighted by Gasteiger charge is -1.94. The number of fused-ring (bicyclic) bond motifs is 1. The molecule has 2 N–H and O–H groups in total. The van der Waals surface area contributed by atoms with Crippen molar-refractivity contribution in [1.29, 1.82) is 0 Å². The zero-order valence-electron chi connectivity index (χ0n) is 9.97. The number of aromatic nitrogens is 1. The molecule has 0 spiro atoms. The minimum absolute atomic E-state index is 0.0760. The molecule has 0 bridgehead atoms. The average molecular weight is 254 g/mol. The van der Waals surface area contributed by atoms with Crippen LogP contribution >= 0.6 is 0 Å². The molecule has 19 heavy (non-hydrogen) atoms. The minimum atomic E-state index is -0.297. The van der Waals surface area contributed by atoms with Crippen LogP contribution in [0, 0.1) is 5.82 Å². The highest BCUT2D eigenvalue weighted by Crippen LogP contribution is 2.25. The molecule has 3 aromatic rings. The number of aromatic hydroxyl groups is 1. The number of para-hydroxylation sites is 1. The Labute approximate surface area is 109 Å². The lowest BCUT2D eigenvalue weighted by atomic mass is 10.2. The summed E-state index contributed by atoms with van der Waals surface area (Å²) in [4.78, 5) is 7.11. The van der Waals surface area contributed by atoms with Crippen molar-refractivity contribution in [3.05, 3.63) is 59.9 Å². The molecule has 4 heteroatoms. The summed E-state index contributed by atoms with van der Waals surface area (Å²) >= 11 is 0. The maximum Gasteiger partial charge on any atom is 0.198 e. The third kappa shape index (κ3) is 2.20. The first kappa shape index (κ1) is 11.5. The maximum atomic E-state index is 12.8. The lowest BCUT2D eigenvalue weighted by Crippen LogP contribution is -1.79. The smallest absolute Gasteiger partial charge is 0.198 e. The fourth-order valence-electron chi connectivity index (χ4n) is 1.95. The monoisotopic (exact) mass is 254 g/mol. The molecule has 0 saturated heterocycles. The number of H-pyrrole nitrogens is 1. The average Bonchev–Trinajstić information content (AvgIpc) is 2.74. The highest BCUT2D eigenvalue weighted by atomic mass is 19.1. The van der Waals surface area contributed by atoms with Gasteiger partial charge < -0.3 is 10.1 Å². The van der Waals surface area contributed by atoms with Gasteiger partial charge >= 0.3 is 0 Å². The molecule has 0 atom stereocenters. The third-order valence-corrected chi connectivity index (χ3v) is 2.89. The first-order chi connectivity index (χ1) is 9.24. The molecule has 0 aliphatic carbocycles. The summed E-state index contributed by atoms with van der Waals surface area (Å²) < 4.78 is 12.8. The van der Waals surface area contributed by atoms with Crippen molar-refractivity contribution in [3.63, 3.8) is 0 Å². The Morgan fingerprint density at radius 2 is 1.79 bits per heavy atom. The van der Waals surface area contributed by atoms with E-state index in [1.165, 1.54) is 12.1 Å². The molecule has 0 aliphatic rings. The number of hydrogen-bond donors (Lipinski definition) is 2. The van der Waals surface area contributed by atoms with E-state index in [0.29, 0.717) is 11.3 Å². The first-order valence-electron chi connectivity index (χ1n) is 5.83. The molecule has 0 aliphatic heterocycles. The molecular formula is C15H11FN2O. The van der Waals surface area contributed by atoms with Crippen molar-refractivity contribution in [2.24, 2.45) is 4.99 Å². The Balaban J connectivity index is 2.01. The molecule has 94 valence electrons. The van der Waals surface area contributed by atoms with E-state index in [1.807, 2.05) is 24.3 Å². The van der Waals surface area contributed by atoms with Gasteiger partial charge in [0.25, 0.3) is 0 Å². The van der Waals surface area contributed by atoms with Crippen molar-refractivity contribution in [2.45, 2.75) is 0 Å². The van der Waals surface area contributed by atoms with Crippen LogP contribution in [-0.2, 0) is 0 Å². The van der Waals surface area contributed by atoms with E-state index in [2.05, 4.69) is 9.98 Å². The highest BCUT2D eigenvalue weighted by Gasteiger charge is 2.07. The van der Waals surface area contributed by atoms with Crippen LogP contribution in [-0.4, -0.2) is 16.3 Å². The van der Waals surface area contributed by atoms with Crippen LogP contribution in [0.5, 0.6) is 5.88 Å². The van der Waals surface area contributed by atoms with E-state index in [9.17, 15) is 9.50 Å². The van der Waals surface area contributed by atoms with Crippen molar-refractivity contribution in [3.8, 4) is 5.88 Å². The molecule has 0 fully saturated rings. The second kappa shape index (κ2) is 4.57. The summed E-state index contributed by atoms with van der Waals surface area (Å²) in [5.41, 5.74) is 2.10. The van der Waals surface area contributed by atoms with Gasteiger partial charge in [0.1, 0.15) is 5.82 Å². The van der Waals surface area contributed by atoms with Crippen LogP contribution in [0.3, 0.4) is 0 Å². The Morgan fingerprint density at radius 3 is 2.58 bits per heavy atom. The number of halogens is 1. The summed E-state index contributed by atoms with van der Waals surface area (Å²) in [6, 6.07) is 13.4. The number of nitrogens with zero attached hydrogens (tertiary/aromatic N) is 1. The fraction of sp³-hybridized carbons (Fsp3) is 0. The SMILES string of the molecule is Oc1[nH]c2ccccc2c1C=Nc1ccc(F)cc1. The second-order valence-electron chi connectivity index (χ2n) is 4.17. The molecule has 1 heterocycles. The number of nitrogens with one attached hydrogen (secondary N) is 1. The molecule has 0 amide bonds. The molecule has 0 unspecified atom stereocenters. The summed E-state index contributed by atoms with van der Waals surface area (Å²) in [6.45, 7) is 0. The predicted molar refractivity (Wildman–Crippen MR) is 73.6 cm³/mol. The molecule has 1 aromatic heterocycles. The highest BCUT2D eigenvalue weighted by molar-refractivity contribution is 6.02. The van der Waals surface area contributed by atoms with Gasteiger partial charge in [0.15, 0.2) is 5.88 Å². The summed E-state index contributed by atoms with van der Waals surface area (Å²) in [5, 5.41) is 10.7. The van der Waals surface area contributed by atoms with Crippen LogP contribution in [0.2, 0.25) is 0 Å². The normalized spacial score (nSPS) is 11.4. The van der Waals surface area contributed by atoms with Crippen LogP contribution in [0.4, 0.5) is 10.1 Å². The van der Waals surface area contributed by atoms with E-state index in [4.69, 9.17) is 0 Å². The fourth-order valence-corrected chi connectivity index (χ4v) is 1.95. The Hall–Kier alpha value is -2.62. The van der Waals surface area contributed by atoms with Gasteiger partial charge in [0, 0.05) is 17.1 Å². The Morgan fingerprint density at radius 1 is 1.05 bits per heavy atom. The van der Waals surface area contributed by atoms with Gasteiger partial charge in [-0.3, -0.25) is 4.99 Å². The number of rotatable bonds is 2. The van der Waals surface area contributed by atoms with E-state index in [0.717, 1.165) is 10.9 Å². The van der Waals surface area contributed by atoms with Gasteiger partial charge in [-0.1, -0.05) is 18.2 Å². The standard InChI is InChI=1S/C15H11FN2O/c16-10-5-7-11(8-6-10)17-9-13-12-3-1-2-4-14(12)18-15(13)19/h1-9,18-19H. The Kier molecular flexibility index (Phi) is 2.76. The van der Waals surface area contributed by atoms with Gasteiger partial charge in [-0.2, -0.15) is 0 Å². The van der Waals surface area contributed by atoms with Gasteiger partial charge in [-0.25, -0.2) is 4.39 Å². The van der Waals surface area contributed by atoms with Gasteiger partial charge in [-0.15, -0.1) is 0 Å². The summed E-state index contributed by atoms with van der Waals surface area (Å²) in [5.74, 6) is -0.221. The Bertz CT molecular complexity index is 744. The van der Waals surface area contributed by atoms with Crippen molar-refractivity contribution >= 4 is 22.8 Å². The molecular weight excluding hydrogens is 243 g/mol. The quantitative estimate of drug-likeness (QED) is 0.672. The van der Waals surface area contributed by atoms with E-state index < -0.39 is 0 Å². The lowest BCUT2D eigenvalue weighted by molar-refractivity contribution is 0.457. The first-order valence-corrected chi connectivity index (χ1v) is 5.83. The molecule has 3 nitrogen and oxygen atoms in total. The topological polar surface area (TPSA) is 48.4 Å². The van der Waals surface area contributed by atoms with Crippen molar-refractivity contribution < 1.29 is 9.50 Å². The van der Waals surface area contributed by atoms with Gasteiger partial charge in [-0.05, 0) is 30.3 Å². The van der Waals surface area contributed by atoms with Crippen LogP contribution in [0.1, 0.15) is 5.56 Å². The minimum Gasteiger partial charge on any atom is -0.494 e. The van der Waals surface area contributed by atoms with Gasteiger partial charge in [0.2, 0.25) is 0 Å². The third-order valence-electron chi connectivity index (χ3n) is 2.89. The number of benzene rings is 2. The van der Waals surface area contributed by atoms with Crippen LogP contribution in [0.15, 0.2) is 53.5 Å². The predicted octanol–water partition coefficient (Wildman–Crippen LogP) is 3.76. The van der Waals surface area contributed by atoms with Gasteiger partial charge in [0.05, 0.1) is 11.3 Å². The molecule has 0 radical (unpaired) electrons. The number of aromatic amines is 1. The molecule has 2 aromatic carbocycles. The van der Waals surface area contributed by atoms with Crippen LogP contribution < -0.4 is 0 Å². The zero-order chi connectivity index (χ0) is 13.2. The number of hydrogen-bond acceptors (Lipinski definition) is 2. The molecule has 3 rings (SSSR count). The van der Waals surface area contributed by atoms with Crippen LogP contribution in [0.25, 0.3) is 10.9 Å². The molecule has 0 saturated carbocycles. The van der Waals surface area contributed by atoms with Crippen molar-refractivity contribution in [1.82, 2.24) is 4.98 Å². The van der Waals surface area contributed by atoms with E-state index in [-0.39, 0.29) is 11.7 Å². The largest absolute Gasteiger partial charge is 0.494 e. The van der Waals surface area contributed by atoms with E-state index >= 15 is 0 Å². The summed E-state index contributed by atoms with van der Waals surface area (Å²) in [6.07, 6.45) is 1.57. The van der Waals surface area contributed by atoms with Crippen molar-refractivity contribution in [2.75, 3.05) is 0 Å². The second-order valence-corrected chi connectivity index (χ2v) is 4.17. The number of aliphatic imine (C=N–C) groups is 1.